The van der Waals surface area contributed by atoms with Gasteiger partial charge in [-0.1, -0.05) is 25.1 Å². The van der Waals surface area contributed by atoms with Crippen LogP contribution in [-0.4, -0.2) is 40.2 Å². The molecule has 0 saturated carbocycles. The topological polar surface area (TPSA) is 82.0 Å². The van der Waals surface area contributed by atoms with Crippen molar-refractivity contribution >= 4 is 5.82 Å². The lowest BCUT2D eigenvalue weighted by Crippen LogP contribution is -2.12. The van der Waals surface area contributed by atoms with Crippen LogP contribution in [0.4, 0.5) is 5.82 Å². The van der Waals surface area contributed by atoms with Crippen LogP contribution in [0, 0.1) is 0 Å². The van der Waals surface area contributed by atoms with Crippen molar-refractivity contribution in [1.29, 1.82) is 0 Å². The van der Waals surface area contributed by atoms with Crippen molar-refractivity contribution < 1.29 is 9.47 Å². The Morgan fingerprint density at radius 3 is 2.59 bits per heavy atom. The minimum atomic E-state index is 0.258. The number of para-hydroxylation sites is 1. The third-order valence-electron chi connectivity index (χ3n) is 4.12. The highest BCUT2D eigenvalue weighted by molar-refractivity contribution is 5.60. The van der Waals surface area contributed by atoms with E-state index in [9.17, 15) is 0 Å². The molecular weight excluding hydrogens is 342 g/mol. The first-order valence-electron chi connectivity index (χ1n) is 8.85. The Morgan fingerprint density at radius 1 is 1.07 bits per heavy atom. The molecule has 2 aromatic heterocycles. The predicted octanol–water partition coefficient (Wildman–Crippen LogP) is 3.56. The average Bonchev–Trinajstić information content (AvgIpc) is 2.73. The molecule has 0 radical (unpaired) electrons. The third kappa shape index (κ3) is 4.69. The molecule has 0 fully saturated rings. The van der Waals surface area contributed by atoms with Gasteiger partial charge in [0, 0.05) is 36.5 Å². The quantitative estimate of drug-likeness (QED) is 0.653. The molecule has 0 amide bonds. The van der Waals surface area contributed by atoms with Crippen molar-refractivity contribution in [3.05, 3.63) is 54.6 Å². The number of aromatic nitrogens is 4. The third-order valence-corrected chi connectivity index (χ3v) is 4.12. The molecule has 1 atom stereocenters. The monoisotopic (exact) mass is 365 g/mol. The van der Waals surface area contributed by atoms with Crippen molar-refractivity contribution in [3.8, 4) is 23.0 Å². The van der Waals surface area contributed by atoms with E-state index in [1.807, 2.05) is 31.2 Å². The van der Waals surface area contributed by atoms with Crippen LogP contribution in [0.1, 0.15) is 25.3 Å². The van der Waals surface area contributed by atoms with Gasteiger partial charge in [0.2, 0.25) is 0 Å². The summed E-state index contributed by atoms with van der Waals surface area (Å²) in [5.41, 5.74) is 2.71. The van der Waals surface area contributed by atoms with Crippen molar-refractivity contribution in [2.45, 2.75) is 19.8 Å². The maximum atomic E-state index is 5.44. The van der Waals surface area contributed by atoms with Crippen molar-refractivity contribution in [3.63, 3.8) is 0 Å². The standard InChI is InChI=1S/C20H23N5O2/c1-4-27-20-22-11-15(12-23-20)17-9-19(25-13-24-17)21-10-14(2)16-7-5-6-8-18(16)26-3/h5-9,11-14H,4,10H2,1-3H3,(H,21,24,25). The lowest BCUT2D eigenvalue weighted by atomic mass is 10.00. The summed E-state index contributed by atoms with van der Waals surface area (Å²) < 4.78 is 10.7. The summed E-state index contributed by atoms with van der Waals surface area (Å²) in [4.78, 5) is 17.0. The molecule has 0 aliphatic heterocycles. The summed E-state index contributed by atoms with van der Waals surface area (Å²) in [5.74, 6) is 1.89. The maximum absolute atomic E-state index is 5.44. The fourth-order valence-corrected chi connectivity index (χ4v) is 2.71. The number of ether oxygens (including phenoxy) is 2. The molecule has 7 nitrogen and oxygen atoms in total. The molecule has 0 saturated heterocycles. The molecule has 1 N–H and O–H groups in total. The fourth-order valence-electron chi connectivity index (χ4n) is 2.71. The van der Waals surface area contributed by atoms with Gasteiger partial charge >= 0.3 is 6.01 Å². The predicted molar refractivity (Wildman–Crippen MR) is 104 cm³/mol. The second-order valence-electron chi connectivity index (χ2n) is 6.00. The van der Waals surface area contributed by atoms with Gasteiger partial charge in [-0.15, -0.1) is 0 Å². The van der Waals surface area contributed by atoms with Crippen LogP contribution in [-0.2, 0) is 0 Å². The molecular formula is C20H23N5O2. The van der Waals surface area contributed by atoms with Crippen LogP contribution in [0.25, 0.3) is 11.3 Å². The van der Waals surface area contributed by atoms with Crippen molar-refractivity contribution in [2.24, 2.45) is 0 Å². The van der Waals surface area contributed by atoms with Gasteiger partial charge in [0.15, 0.2) is 0 Å². The van der Waals surface area contributed by atoms with Gasteiger partial charge in [0.05, 0.1) is 19.4 Å². The second-order valence-corrected chi connectivity index (χ2v) is 6.00. The normalized spacial score (nSPS) is 11.7. The summed E-state index contributed by atoms with van der Waals surface area (Å²) >= 11 is 0. The van der Waals surface area contributed by atoms with E-state index in [-0.39, 0.29) is 5.92 Å². The molecule has 0 aliphatic rings. The average molecular weight is 365 g/mol. The highest BCUT2D eigenvalue weighted by Crippen LogP contribution is 2.26. The van der Waals surface area contributed by atoms with E-state index >= 15 is 0 Å². The van der Waals surface area contributed by atoms with Crippen molar-refractivity contribution in [2.75, 3.05) is 25.6 Å². The van der Waals surface area contributed by atoms with Gasteiger partial charge in [0.1, 0.15) is 17.9 Å². The van der Waals surface area contributed by atoms with E-state index in [0.717, 1.165) is 34.9 Å². The van der Waals surface area contributed by atoms with Crippen LogP contribution in [0.2, 0.25) is 0 Å². The van der Waals surface area contributed by atoms with Crippen LogP contribution in [0.3, 0.4) is 0 Å². The van der Waals surface area contributed by atoms with Gasteiger partial charge in [0.25, 0.3) is 0 Å². The fraction of sp³-hybridized carbons (Fsp3) is 0.300. The zero-order chi connectivity index (χ0) is 19.1. The lowest BCUT2D eigenvalue weighted by molar-refractivity contribution is 0.312. The Morgan fingerprint density at radius 2 is 1.85 bits per heavy atom. The van der Waals surface area contributed by atoms with Crippen LogP contribution < -0.4 is 14.8 Å². The summed E-state index contributed by atoms with van der Waals surface area (Å²) in [6.45, 7) is 5.29. The van der Waals surface area contributed by atoms with E-state index in [4.69, 9.17) is 9.47 Å². The van der Waals surface area contributed by atoms with E-state index in [0.29, 0.717) is 12.6 Å². The minimum Gasteiger partial charge on any atom is -0.496 e. The number of anilines is 1. The molecule has 0 spiro atoms. The maximum Gasteiger partial charge on any atom is 0.316 e. The first-order chi connectivity index (χ1) is 13.2. The van der Waals surface area contributed by atoms with E-state index < -0.39 is 0 Å². The number of rotatable bonds is 8. The molecule has 3 aromatic rings. The molecule has 1 aromatic carbocycles. The van der Waals surface area contributed by atoms with Crippen LogP contribution in [0.15, 0.2) is 49.1 Å². The largest absolute Gasteiger partial charge is 0.496 e. The number of hydrogen-bond acceptors (Lipinski definition) is 7. The van der Waals surface area contributed by atoms with Crippen LogP contribution in [0.5, 0.6) is 11.8 Å². The molecule has 3 rings (SSSR count). The summed E-state index contributed by atoms with van der Waals surface area (Å²) in [5, 5.41) is 3.36. The SMILES string of the molecule is CCOc1ncc(-c2cc(NCC(C)c3ccccc3OC)ncn2)cn1. The molecule has 2 heterocycles. The summed E-state index contributed by atoms with van der Waals surface area (Å²) in [7, 11) is 1.69. The Bertz CT molecular complexity index is 870. The van der Waals surface area contributed by atoms with Gasteiger partial charge < -0.3 is 14.8 Å². The van der Waals surface area contributed by atoms with E-state index in [2.05, 4.69) is 38.2 Å². The zero-order valence-electron chi connectivity index (χ0n) is 15.7. The van der Waals surface area contributed by atoms with Gasteiger partial charge in [-0.05, 0) is 18.6 Å². The minimum absolute atomic E-state index is 0.258. The summed E-state index contributed by atoms with van der Waals surface area (Å²) in [6.07, 6.45) is 4.92. The first kappa shape index (κ1) is 18.6. The van der Waals surface area contributed by atoms with Gasteiger partial charge in [-0.2, -0.15) is 0 Å². The van der Waals surface area contributed by atoms with E-state index in [1.54, 1.807) is 19.5 Å². The van der Waals surface area contributed by atoms with Crippen LogP contribution >= 0.6 is 0 Å². The number of methoxy groups -OCH3 is 1. The Labute approximate surface area is 158 Å². The second kappa shape index (κ2) is 8.93. The Balaban J connectivity index is 1.68. The summed E-state index contributed by atoms with van der Waals surface area (Å²) in [6, 6.07) is 10.3. The van der Waals surface area contributed by atoms with Gasteiger partial charge in [-0.3, -0.25) is 0 Å². The molecule has 0 aliphatic carbocycles. The lowest BCUT2D eigenvalue weighted by Gasteiger charge is -2.16. The number of benzene rings is 1. The number of hydrogen-bond donors (Lipinski definition) is 1. The molecule has 1 unspecified atom stereocenters. The van der Waals surface area contributed by atoms with Gasteiger partial charge in [-0.25, -0.2) is 19.9 Å². The zero-order valence-corrected chi connectivity index (χ0v) is 15.7. The Kier molecular flexibility index (Phi) is 6.14. The highest BCUT2D eigenvalue weighted by atomic mass is 16.5. The molecule has 27 heavy (non-hydrogen) atoms. The number of nitrogens with one attached hydrogen (secondary N) is 1. The molecule has 0 bridgehead atoms. The Hall–Kier alpha value is -3.22. The smallest absolute Gasteiger partial charge is 0.316 e. The highest BCUT2D eigenvalue weighted by Gasteiger charge is 2.11. The van der Waals surface area contributed by atoms with Crippen molar-refractivity contribution in [1.82, 2.24) is 19.9 Å². The first-order valence-corrected chi connectivity index (χ1v) is 8.85. The molecule has 140 valence electrons. The number of nitrogens with zero attached hydrogens (tertiary/aromatic N) is 4. The van der Waals surface area contributed by atoms with E-state index in [1.165, 1.54) is 6.33 Å². The molecule has 7 heteroatoms.